The third-order valence-electron chi connectivity index (χ3n) is 3.49. The van der Waals surface area contributed by atoms with Crippen LogP contribution in [0, 0.1) is 0 Å². The molecule has 0 aliphatic carbocycles. The fourth-order valence-electron chi connectivity index (χ4n) is 2.17. The first-order valence-electron chi connectivity index (χ1n) is 6.90. The van der Waals surface area contributed by atoms with Gasteiger partial charge in [0.1, 0.15) is 0 Å². The SMILES string of the molecule is CC(C)c1ccc(NC(C)c2ccc(Cl)c(Cl)c2Cl)cc1. The predicted molar refractivity (Wildman–Crippen MR) is 94.0 cm³/mol. The van der Waals surface area contributed by atoms with Gasteiger partial charge in [-0.15, -0.1) is 0 Å². The van der Waals surface area contributed by atoms with E-state index in [-0.39, 0.29) is 6.04 Å². The van der Waals surface area contributed by atoms with Gasteiger partial charge in [0, 0.05) is 5.69 Å². The van der Waals surface area contributed by atoms with Crippen molar-refractivity contribution in [3.63, 3.8) is 0 Å². The Bertz CT molecular complexity index is 621. The molecule has 0 bridgehead atoms. The lowest BCUT2D eigenvalue weighted by Crippen LogP contribution is -2.07. The smallest absolute Gasteiger partial charge is 0.0782 e. The molecular weight excluding hydrogens is 325 g/mol. The van der Waals surface area contributed by atoms with Gasteiger partial charge in [0.2, 0.25) is 0 Å². The van der Waals surface area contributed by atoms with E-state index >= 15 is 0 Å². The quantitative estimate of drug-likeness (QED) is 0.593. The third-order valence-corrected chi connectivity index (χ3v) is 4.80. The number of anilines is 1. The van der Waals surface area contributed by atoms with Crippen LogP contribution in [0.1, 0.15) is 43.9 Å². The van der Waals surface area contributed by atoms with Crippen LogP contribution in [0.2, 0.25) is 15.1 Å². The minimum absolute atomic E-state index is 0.0390. The van der Waals surface area contributed by atoms with Crippen molar-refractivity contribution in [2.45, 2.75) is 32.7 Å². The molecule has 0 saturated heterocycles. The van der Waals surface area contributed by atoms with Gasteiger partial charge in [-0.2, -0.15) is 0 Å². The highest BCUT2D eigenvalue weighted by molar-refractivity contribution is 6.48. The summed E-state index contributed by atoms with van der Waals surface area (Å²) in [5, 5.41) is 4.80. The van der Waals surface area contributed by atoms with Gasteiger partial charge in [-0.3, -0.25) is 0 Å². The Labute approximate surface area is 141 Å². The third kappa shape index (κ3) is 3.85. The fourth-order valence-corrected chi connectivity index (χ4v) is 2.87. The highest BCUT2D eigenvalue weighted by atomic mass is 35.5. The maximum atomic E-state index is 6.27. The molecule has 0 heterocycles. The molecule has 2 aromatic carbocycles. The zero-order valence-electron chi connectivity index (χ0n) is 12.3. The van der Waals surface area contributed by atoms with E-state index < -0.39 is 0 Å². The molecule has 0 aliphatic heterocycles. The average Bonchev–Trinajstić information content (AvgIpc) is 2.45. The second-order valence-corrected chi connectivity index (χ2v) is 6.57. The summed E-state index contributed by atoms with van der Waals surface area (Å²) in [6.07, 6.45) is 0. The number of rotatable bonds is 4. The Morgan fingerprint density at radius 2 is 1.43 bits per heavy atom. The van der Waals surface area contributed by atoms with Crippen molar-refractivity contribution in [2.24, 2.45) is 0 Å². The topological polar surface area (TPSA) is 12.0 Å². The van der Waals surface area contributed by atoms with Crippen LogP contribution in [0.25, 0.3) is 0 Å². The Balaban J connectivity index is 2.18. The van der Waals surface area contributed by atoms with Crippen LogP contribution >= 0.6 is 34.8 Å². The number of hydrogen-bond donors (Lipinski definition) is 1. The summed E-state index contributed by atoms with van der Waals surface area (Å²) < 4.78 is 0. The average molecular weight is 343 g/mol. The summed E-state index contributed by atoms with van der Waals surface area (Å²) in [6, 6.07) is 12.1. The van der Waals surface area contributed by atoms with E-state index in [1.54, 1.807) is 6.07 Å². The van der Waals surface area contributed by atoms with Gasteiger partial charge in [0.05, 0.1) is 21.1 Å². The molecule has 0 spiro atoms. The zero-order valence-corrected chi connectivity index (χ0v) is 14.5. The number of nitrogens with one attached hydrogen (secondary N) is 1. The molecule has 1 atom stereocenters. The first-order valence-corrected chi connectivity index (χ1v) is 8.03. The van der Waals surface area contributed by atoms with Crippen LogP contribution in [-0.2, 0) is 0 Å². The van der Waals surface area contributed by atoms with E-state index in [1.165, 1.54) is 5.56 Å². The summed E-state index contributed by atoms with van der Waals surface area (Å²) in [4.78, 5) is 0. The van der Waals surface area contributed by atoms with Crippen molar-refractivity contribution < 1.29 is 0 Å². The molecule has 0 aliphatic rings. The summed E-state index contributed by atoms with van der Waals surface area (Å²) in [5.41, 5.74) is 3.30. The maximum Gasteiger partial charge on any atom is 0.0782 e. The Hall–Kier alpha value is -0.890. The molecule has 112 valence electrons. The van der Waals surface area contributed by atoms with Crippen molar-refractivity contribution >= 4 is 40.5 Å². The van der Waals surface area contributed by atoms with Crippen LogP contribution in [0.3, 0.4) is 0 Å². The summed E-state index contributed by atoms with van der Waals surface area (Å²) in [5.74, 6) is 0.529. The van der Waals surface area contributed by atoms with Crippen LogP contribution in [0.4, 0.5) is 5.69 Å². The van der Waals surface area contributed by atoms with Crippen LogP contribution in [-0.4, -0.2) is 0 Å². The molecular formula is C17H18Cl3N. The first kappa shape index (κ1) is 16.5. The lowest BCUT2D eigenvalue weighted by atomic mass is 10.0. The van der Waals surface area contributed by atoms with Gasteiger partial charge >= 0.3 is 0 Å². The van der Waals surface area contributed by atoms with E-state index in [9.17, 15) is 0 Å². The van der Waals surface area contributed by atoms with Gasteiger partial charge in [-0.1, -0.05) is 66.8 Å². The van der Waals surface area contributed by atoms with Crippen LogP contribution < -0.4 is 5.32 Å². The highest BCUT2D eigenvalue weighted by Crippen LogP contribution is 2.36. The molecule has 1 unspecified atom stereocenters. The molecule has 2 aromatic rings. The minimum atomic E-state index is 0.0390. The molecule has 0 fully saturated rings. The van der Waals surface area contributed by atoms with Gasteiger partial charge < -0.3 is 5.32 Å². The van der Waals surface area contributed by atoms with E-state index in [0.29, 0.717) is 21.0 Å². The Morgan fingerprint density at radius 3 is 2.00 bits per heavy atom. The van der Waals surface area contributed by atoms with Crippen molar-refractivity contribution in [3.8, 4) is 0 Å². The Kier molecular flexibility index (Phi) is 5.43. The molecule has 21 heavy (non-hydrogen) atoms. The first-order chi connectivity index (χ1) is 9.90. The molecule has 0 aromatic heterocycles. The van der Waals surface area contributed by atoms with Gasteiger partial charge in [-0.25, -0.2) is 0 Å². The van der Waals surface area contributed by atoms with Crippen LogP contribution in [0.15, 0.2) is 36.4 Å². The molecule has 0 saturated carbocycles. The molecule has 4 heteroatoms. The molecule has 1 nitrogen and oxygen atoms in total. The van der Waals surface area contributed by atoms with Crippen molar-refractivity contribution in [3.05, 3.63) is 62.6 Å². The normalized spacial score (nSPS) is 12.5. The molecule has 1 N–H and O–H groups in total. The second-order valence-electron chi connectivity index (χ2n) is 5.41. The fraction of sp³-hybridized carbons (Fsp3) is 0.294. The second kappa shape index (κ2) is 6.91. The number of halogens is 3. The standard InChI is InChI=1S/C17H18Cl3N/c1-10(2)12-4-6-13(7-5-12)21-11(3)14-8-9-15(18)17(20)16(14)19/h4-11,21H,1-3H3. The molecule has 0 amide bonds. The van der Waals surface area contributed by atoms with Crippen molar-refractivity contribution in [1.29, 1.82) is 0 Å². The zero-order chi connectivity index (χ0) is 15.6. The van der Waals surface area contributed by atoms with Gasteiger partial charge in [-0.05, 0) is 42.2 Å². The van der Waals surface area contributed by atoms with E-state index in [0.717, 1.165) is 11.3 Å². The highest BCUT2D eigenvalue weighted by Gasteiger charge is 2.14. The van der Waals surface area contributed by atoms with Crippen LogP contribution in [0.5, 0.6) is 0 Å². The summed E-state index contributed by atoms with van der Waals surface area (Å²) >= 11 is 18.3. The number of benzene rings is 2. The van der Waals surface area contributed by atoms with Crippen molar-refractivity contribution in [2.75, 3.05) is 5.32 Å². The van der Waals surface area contributed by atoms with Crippen molar-refractivity contribution in [1.82, 2.24) is 0 Å². The van der Waals surface area contributed by atoms with Gasteiger partial charge in [0.25, 0.3) is 0 Å². The van der Waals surface area contributed by atoms with E-state index in [2.05, 4.69) is 43.4 Å². The summed E-state index contributed by atoms with van der Waals surface area (Å²) in [6.45, 7) is 6.41. The largest absolute Gasteiger partial charge is 0.378 e. The minimum Gasteiger partial charge on any atom is -0.378 e. The summed E-state index contributed by atoms with van der Waals surface area (Å²) in [7, 11) is 0. The molecule has 0 radical (unpaired) electrons. The Morgan fingerprint density at radius 1 is 0.810 bits per heavy atom. The van der Waals surface area contributed by atoms with E-state index in [4.69, 9.17) is 34.8 Å². The number of hydrogen-bond acceptors (Lipinski definition) is 1. The molecule has 2 rings (SSSR count). The predicted octanol–water partition coefficient (Wildman–Crippen LogP) is 6.94. The monoisotopic (exact) mass is 341 g/mol. The van der Waals surface area contributed by atoms with E-state index in [1.807, 2.05) is 13.0 Å². The van der Waals surface area contributed by atoms with Gasteiger partial charge in [0.15, 0.2) is 0 Å². The lowest BCUT2D eigenvalue weighted by Gasteiger charge is -2.18. The lowest BCUT2D eigenvalue weighted by molar-refractivity contribution is 0.862. The maximum absolute atomic E-state index is 6.27.